The summed E-state index contributed by atoms with van der Waals surface area (Å²) in [6.07, 6.45) is -1.35. The first-order valence-corrected chi connectivity index (χ1v) is 8.65. The van der Waals surface area contributed by atoms with Crippen molar-refractivity contribution in [3.8, 4) is 0 Å². The van der Waals surface area contributed by atoms with Gasteiger partial charge < -0.3 is 14.6 Å². The fourth-order valence-electron chi connectivity index (χ4n) is 2.73. The predicted molar refractivity (Wildman–Crippen MR) is 100 cm³/mol. The number of carbonyl (C=O) groups excluding carboxylic acids is 2. The molecule has 0 spiro atoms. The van der Waals surface area contributed by atoms with E-state index < -0.39 is 35.4 Å². The van der Waals surface area contributed by atoms with Crippen LogP contribution in [0.25, 0.3) is 0 Å². The van der Waals surface area contributed by atoms with E-state index in [4.69, 9.17) is 9.47 Å². The maximum atomic E-state index is 12.6. The topological polar surface area (TPSA) is 105 Å². The molecule has 148 valence electrons. The largest absolute Gasteiger partial charge is 0.480 e. The molecule has 1 aliphatic rings. The number of carboxylic acid groups (broad SMARTS) is 1. The van der Waals surface area contributed by atoms with E-state index in [0.29, 0.717) is 16.9 Å². The number of amides is 2. The molecule has 1 heterocycles. The Kier molecular flexibility index (Phi) is 5.40. The van der Waals surface area contributed by atoms with Crippen LogP contribution in [0.15, 0.2) is 18.2 Å². The Labute approximate surface area is 158 Å². The Balaban J connectivity index is 2.36. The number of carbonyl (C=O) groups is 3. The zero-order valence-electron chi connectivity index (χ0n) is 16.5. The lowest BCUT2D eigenvalue weighted by Gasteiger charge is -2.27. The third kappa shape index (κ3) is 5.12. The first-order chi connectivity index (χ1) is 12.3. The van der Waals surface area contributed by atoms with Crippen LogP contribution in [0.3, 0.4) is 0 Å². The summed E-state index contributed by atoms with van der Waals surface area (Å²) >= 11 is 0. The Hall–Kier alpha value is -2.77. The van der Waals surface area contributed by atoms with Crippen LogP contribution < -0.4 is 10.2 Å². The summed E-state index contributed by atoms with van der Waals surface area (Å²) in [6.45, 7) is 10.3. The summed E-state index contributed by atoms with van der Waals surface area (Å²) in [5.74, 6) is -1.15. The zero-order chi connectivity index (χ0) is 20.6. The van der Waals surface area contributed by atoms with Gasteiger partial charge in [-0.3, -0.25) is 10.2 Å². The lowest BCUT2D eigenvalue weighted by Crippen LogP contribution is -2.45. The highest BCUT2D eigenvalue weighted by Gasteiger charge is 2.41. The van der Waals surface area contributed by atoms with Crippen molar-refractivity contribution in [2.75, 3.05) is 10.2 Å². The smallest absolute Gasteiger partial charge is 0.415 e. The van der Waals surface area contributed by atoms with Gasteiger partial charge in [0, 0.05) is 17.7 Å². The number of ether oxygens (including phenoxy) is 2. The molecule has 1 aliphatic heterocycles. The molecule has 1 unspecified atom stereocenters. The summed E-state index contributed by atoms with van der Waals surface area (Å²) in [4.78, 5) is 37.5. The number of benzene rings is 1. The fraction of sp³-hybridized carbons (Fsp3) is 0.526. The predicted octanol–water partition coefficient (Wildman–Crippen LogP) is 3.78. The van der Waals surface area contributed by atoms with Crippen molar-refractivity contribution < 1.29 is 29.0 Å². The van der Waals surface area contributed by atoms with Crippen LogP contribution in [-0.2, 0) is 20.7 Å². The summed E-state index contributed by atoms with van der Waals surface area (Å²) in [7, 11) is 0. The summed E-state index contributed by atoms with van der Waals surface area (Å²) < 4.78 is 10.6. The Morgan fingerprint density at radius 2 is 1.67 bits per heavy atom. The molecule has 1 aromatic rings. The number of nitrogens with one attached hydrogen (secondary N) is 1. The van der Waals surface area contributed by atoms with Gasteiger partial charge in [-0.05, 0) is 53.7 Å². The SMILES string of the molecule is CC(C)(C)OC(=O)Nc1cccc2c1CC(C(=O)O)N2C(=O)OC(C)(C)C. The number of nitrogens with zero attached hydrogens (tertiary/aromatic N) is 1. The van der Waals surface area contributed by atoms with Gasteiger partial charge in [0.25, 0.3) is 0 Å². The number of hydrogen-bond acceptors (Lipinski definition) is 5. The Morgan fingerprint density at radius 3 is 2.19 bits per heavy atom. The van der Waals surface area contributed by atoms with Crippen LogP contribution in [0.1, 0.15) is 47.1 Å². The quantitative estimate of drug-likeness (QED) is 0.811. The molecule has 0 bridgehead atoms. The van der Waals surface area contributed by atoms with Crippen LogP contribution >= 0.6 is 0 Å². The van der Waals surface area contributed by atoms with E-state index in [1.54, 1.807) is 59.7 Å². The van der Waals surface area contributed by atoms with E-state index in [0.717, 1.165) is 4.90 Å². The first-order valence-electron chi connectivity index (χ1n) is 8.65. The molecule has 0 fully saturated rings. The third-order valence-corrected chi connectivity index (χ3v) is 3.63. The van der Waals surface area contributed by atoms with Crippen LogP contribution in [0.5, 0.6) is 0 Å². The van der Waals surface area contributed by atoms with E-state index in [1.165, 1.54) is 0 Å². The van der Waals surface area contributed by atoms with Crippen molar-refractivity contribution in [2.45, 2.75) is 65.2 Å². The molecule has 0 saturated heterocycles. The van der Waals surface area contributed by atoms with E-state index in [9.17, 15) is 19.5 Å². The van der Waals surface area contributed by atoms with Crippen molar-refractivity contribution in [1.29, 1.82) is 0 Å². The minimum atomic E-state index is -1.15. The number of carboxylic acids is 1. The third-order valence-electron chi connectivity index (χ3n) is 3.63. The van der Waals surface area contributed by atoms with Crippen molar-refractivity contribution in [3.05, 3.63) is 23.8 Å². The zero-order valence-corrected chi connectivity index (χ0v) is 16.5. The second kappa shape index (κ2) is 7.09. The Bertz CT molecular complexity index is 760. The number of hydrogen-bond donors (Lipinski definition) is 2. The highest BCUT2D eigenvalue weighted by Crippen LogP contribution is 2.38. The molecular weight excluding hydrogens is 352 g/mol. The molecule has 27 heavy (non-hydrogen) atoms. The van der Waals surface area contributed by atoms with E-state index >= 15 is 0 Å². The molecule has 2 amide bonds. The number of anilines is 2. The van der Waals surface area contributed by atoms with Crippen molar-refractivity contribution in [2.24, 2.45) is 0 Å². The first kappa shape index (κ1) is 20.5. The molecule has 1 aromatic carbocycles. The molecule has 2 N–H and O–H groups in total. The highest BCUT2D eigenvalue weighted by molar-refractivity contribution is 6.01. The minimum absolute atomic E-state index is 0.0515. The van der Waals surface area contributed by atoms with E-state index in [1.807, 2.05) is 0 Å². The van der Waals surface area contributed by atoms with Gasteiger partial charge in [0.15, 0.2) is 0 Å². The molecule has 0 aliphatic carbocycles. The van der Waals surface area contributed by atoms with Crippen molar-refractivity contribution in [3.63, 3.8) is 0 Å². The minimum Gasteiger partial charge on any atom is -0.480 e. The van der Waals surface area contributed by atoms with Crippen LogP contribution in [0, 0.1) is 0 Å². The van der Waals surface area contributed by atoms with Gasteiger partial charge in [0.05, 0.1) is 5.69 Å². The van der Waals surface area contributed by atoms with Crippen LogP contribution in [0.4, 0.5) is 21.0 Å². The maximum Gasteiger partial charge on any atom is 0.415 e. The lowest BCUT2D eigenvalue weighted by molar-refractivity contribution is -0.138. The van der Waals surface area contributed by atoms with Gasteiger partial charge in [-0.2, -0.15) is 0 Å². The Morgan fingerprint density at radius 1 is 1.07 bits per heavy atom. The molecule has 2 rings (SSSR count). The second-order valence-electron chi connectivity index (χ2n) is 8.34. The van der Waals surface area contributed by atoms with E-state index in [2.05, 4.69) is 5.32 Å². The summed E-state index contributed by atoms with van der Waals surface area (Å²) in [5, 5.41) is 12.2. The highest BCUT2D eigenvalue weighted by atomic mass is 16.6. The standard InChI is InChI=1S/C19H26N2O6/c1-18(2,3)26-16(24)20-12-8-7-9-13-11(12)10-14(15(22)23)21(13)17(25)27-19(4,5)6/h7-9,14H,10H2,1-6H3,(H,20,24)(H,22,23). The second-order valence-corrected chi connectivity index (χ2v) is 8.34. The molecule has 8 heteroatoms. The van der Waals surface area contributed by atoms with Gasteiger partial charge in [0.1, 0.15) is 17.2 Å². The van der Waals surface area contributed by atoms with Crippen molar-refractivity contribution >= 4 is 29.5 Å². The van der Waals surface area contributed by atoms with E-state index in [-0.39, 0.29) is 6.42 Å². The monoisotopic (exact) mass is 378 g/mol. The van der Waals surface area contributed by atoms with Crippen LogP contribution in [-0.4, -0.2) is 40.5 Å². The summed E-state index contributed by atoms with van der Waals surface area (Å²) in [5.41, 5.74) is -0.102. The van der Waals surface area contributed by atoms with Crippen molar-refractivity contribution in [1.82, 2.24) is 0 Å². The average molecular weight is 378 g/mol. The average Bonchev–Trinajstić information content (AvgIpc) is 2.84. The summed E-state index contributed by atoms with van der Waals surface area (Å²) in [6, 6.07) is 3.78. The molecular formula is C19H26N2O6. The number of fused-ring (bicyclic) bond motifs is 1. The molecule has 0 radical (unpaired) electrons. The molecule has 1 atom stereocenters. The molecule has 8 nitrogen and oxygen atoms in total. The molecule has 0 saturated carbocycles. The normalized spacial score (nSPS) is 16.5. The number of rotatable bonds is 2. The van der Waals surface area contributed by atoms with Gasteiger partial charge in [-0.15, -0.1) is 0 Å². The molecule has 0 aromatic heterocycles. The fourth-order valence-corrected chi connectivity index (χ4v) is 2.73. The van der Waals surface area contributed by atoms with Gasteiger partial charge in [-0.25, -0.2) is 14.4 Å². The van der Waals surface area contributed by atoms with Gasteiger partial charge >= 0.3 is 18.2 Å². The maximum absolute atomic E-state index is 12.6. The van der Waals surface area contributed by atoms with Gasteiger partial charge in [0.2, 0.25) is 0 Å². The van der Waals surface area contributed by atoms with Crippen LogP contribution in [0.2, 0.25) is 0 Å². The van der Waals surface area contributed by atoms with Gasteiger partial charge in [-0.1, -0.05) is 6.07 Å². The lowest BCUT2D eigenvalue weighted by atomic mass is 10.1. The number of aliphatic carboxylic acids is 1.